The van der Waals surface area contributed by atoms with Gasteiger partial charge in [0, 0.05) is 15.7 Å². The molecular formula is C16H10Cl3N3O2. The lowest BCUT2D eigenvalue weighted by molar-refractivity contribution is -0.116. The molecule has 24 heavy (non-hydrogen) atoms. The Balaban J connectivity index is 1.87. The van der Waals surface area contributed by atoms with E-state index in [4.69, 9.17) is 34.8 Å². The van der Waals surface area contributed by atoms with Crippen LogP contribution in [-0.2, 0) is 11.3 Å². The van der Waals surface area contributed by atoms with Gasteiger partial charge in [-0.1, -0.05) is 34.8 Å². The topological polar surface area (TPSA) is 64.0 Å². The summed E-state index contributed by atoms with van der Waals surface area (Å²) >= 11 is 17.7. The van der Waals surface area contributed by atoms with Gasteiger partial charge in [-0.15, -0.1) is 0 Å². The molecule has 0 bridgehead atoms. The number of benzene rings is 2. The Bertz CT molecular complexity index is 984. The number of nitrogens with zero attached hydrogens (tertiary/aromatic N) is 2. The van der Waals surface area contributed by atoms with Gasteiger partial charge in [0.25, 0.3) is 5.56 Å². The minimum atomic E-state index is -0.393. The van der Waals surface area contributed by atoms with Gasteiger partial charge in [-0.05, 0) is 36.4 Å². The number of carbonyl (C=O) groups is 1. The second kappa shape index (κ2) is 6.81. The fraction of sp³-hybridized carbons (Fsp3) is 0.0625. The number of carbonyl (C=O) groups excluding carboxylic acids is 1. The van der Waals surface area contributed by atoms with E-state index < -0.39 is 5.56 Å². The Labute approximate surface area is 151 Å². The molecule has 122 valence electrons. The van der Waals surface area contributed by atoms with E-state index in [9.17, 15) is 9.59 Å². The number of hydrogen-bond donors (Lipinski definition) is 1. The summed E-state index contributed by atoms with van der Waals surface area (Å²) in [7, 11) is 0. The fourth-order valence-electron chi connectivity index (χ4n) is 2.20. The van der Waals surface area contributed by atoms with Crippen molar-refractivity contribution in [3.05, 3.63) is 68.1 Å². The molecule has 1 N–H and O–H groups in total. The maximum absolute atomic E-state index is 12.5. The van der Waals surface area contributed by atoms with Gasteiger partial charge >= 0.3 is 0 Å². The Hall–Kier alpha value is -2.08. The van der Waals surface area contributed by atoms with E-state index in [1.807, 2.05) is 0 Å². The molecule has 1 aromatic heterocycles. The monoisotopic (exact) mass is 381 g/mol. The van der Waals surface area contributed by atoms with Crippen LogP contribution >= 0.6 is 34.8 Å². The van der Waals surface area contributed by atoms with Crippen LogP contribution in [0.25, 0.3) is 10.9 Å². The highest BCUT2D eigenvalue weighted by atomic mass is 35.5. The molecule has 0 saturated carbocycles. The maximum atomic E-state index is 12.5. The molecule has 1 heterocycles. The zero-order valence-corrected chi connectivity index (χ0v) is 14.4. The number of aromatic nitrogens is 2. The van der Waals surface area contributed by atoms with Crippen molar-refractivity contribution in [3.63, 3.8) is 0 Å². The summed E-state index contributed by atoms with van der Waals surface area (Å²) in [4.78, 5) is 28.7. The van der Waals surface area contributed by atoms with Gasteiger partial charge in [0.1, 0.15) is 6.54 Å². The number of halogens is 3. The van der Waals surface area contributed by atoms with Crippen molar-refractivity contribution in [1.29, 1.82) is 0 Å². The number of anilines is 1. The standard InChI is InChI=1S/C16H10Cl3N3O2/c17-9-1-3-11(4-2-9)21-14(23)7-22-8-20-15-12(16(22)24)5-10(18)6-13(15)19/h1-6,8H,7H2,(H,21,23). The number of rotatable bonds is 3. The second-order valence-electron chi connectivity index (χ2n) is 5.02. The normalized spacial score (nSPS) is 10.8. The van der Waals surface area contributed by atoms with Crippen LogP contribution in [0.4, 0.5) is 5.69 Å². The number of hydrogen-bond acceptors (Lipinski definition) is 3. The summed E-state index contributed by atoms with van der Waals surface area (Å²) in [6.07, 6.45) is 1.28. The highest BCUT2D eigenvalue weighted by molar-refractivity contribution is 6.38. The van der Waals surface area contributed by atoms with Crippen molar-refractivity contribution < 1.29 is 4.79 Å². The van der Waals surface area contributed by atoms with Crippen LogP contribution in [0.3, 0.4) is 0 Å². The Morgan fingerprint density at radius 2 is 1.79 bits per heavy atom. The lowest BCUT2D eigenvalue weighted by Crippen LogP contribution is -2.28. The zero-order chi connectivity index (χ0) is 17.3. The van der Waals surface area contributed by atoms with Crippen molar-refractivity contribution >= 4 is 57.3 Å². The molecule has 3 rings (SSSR count). The number of nitrogens with one attached hydrogen (secondary N) is 1. The van der Waals surface area contributed by atoms with E-state index in [2.05, 4.69) is 10.3 Å². The lowest BCUT2D eigenvalue weighted by Gasteiger charge is -2.09. The maximum Gasteiger partial charge on any atom is 0.261 e. The van der Waals surface area contributed by atoms with Gasteiger partial charge < -0.3 is 5.32 Å². The van der Waals surface area contributed by atoms with Crippen molar-refractivity contribution in [1.82, 2.24) is 9.55 Å². The largest absolute Gasteiger partial charge is 0.325 e. The highest BCUT2D eigenvalue weighted by Gasteiger charge is 2.11. The molecule has 8 heteroatoms. The molecule has 0 aliphatic rings. The van der Waals surface area contributed by atoms with Gasteiger partial charge in [-0.2, -0.15) is 0 Å². The van der Waals surface area contributed by atoms with Crippen LogP contribution in [0.5, 0.6) is 0 Å². The van der Waals surface area contributed by atoms with Crippen LogP contribution in [-0.4, -0.2) is 15.5 Å². The molecule has 2 aromatic carbocycles. The van der Waals surface area contributed by atoms with E-state index in [1.165, 1.54) is 23.0 Å². The molecule has 0 fully saturated rings. The van der Waals surface area contributed by atoms with Crippen molar-refractivity contribution in [2.75, 3.05) is 5.32 Å². The molecule has 1 amide bonds. The summed E-state index contributed by atoms with van der Waals surface area (Å²) in [6.45, 7) is -0.186. The van der Waals surface area contributed by atoms with E-state index >= 15 is 0 Å². The first kappa shape index (κ1) is 16.8. The molecule has 0 aliphatic carbocycles. The van der Waals surface area contributed by atoms with Gasteiger partial charge in [0.2, 0.25) is 5.91 Å². The number of amides is 1. The first-order chi connectivity index (χ1) is 11.4. The molecule has 0 saturated heterocycles. The molecular weight excluding hydrogens is 373 g/mol. The van der Waals surface area contributed by atoms with E-state index in [0.29, 0.717) is 21.2 Å². The Morgan fingerprint density at radius 1 is 1.08 bits per heavy atom. The van der Waals surface area contributed by atoms with Gasteiger partial charge in [0.15, 0.2) is 0 Å². The second-order valence-corrected chi connectivity index (χ2v) is 6.30. The van der Waals surface area contributed by atoms with Crippen LogP contribution < -0.4 is 10.9 Å². The van der Waals surface area contributed by atoms with Crippen molar-refractivity contribution in [3.8, 4) is 0 Å². The van der Waals surface area contributed by atoms with Crippen LogP contribution in [0.2, 0.25) is 15.1 Å². The third-order valence-electron chi connectivity index (χ3n) is 3.29. The summed E-state index contributed by atoms with van der Waals surface area (Å²) < 4.78 is 1.19. The van der Waals surface area contributed by atoms with E-state index in [-0.39, 0.29) is 22.9 Å². The van der Waals surface area contributed by atoms with Crippen LogP contribution in [0.15, 0.2) is 47.5 Å². The third kappa shape index (κ3) is 3.53. The average Bonchev–Trinajstić information content (AvgIpc) is 2.53. The summed E-state index contributed by atoms with van der Waals surface area (Å²) in [5.41, 5.74) is 0.536. The summed E-state index contributed by atoms with van der Waals surface area (Å²) in [5.74, 6) is -0.367. The minimum absolute atomic E-state index is 0.186. The van der Waals surface area contributed by atoms with Crippen molar-refractivity contribution in [2.45, 2.75) is 6.54 Å². The Kier molecular flexibility index (Phi) is 4.76. The molecule has 0 radical (unpaired) electrons. The first-order valence-electron chi connectivity index (χ1n) is 6.83. The molecule has 0 aliphatic heterocycles. The molecule has 0 unspecified atom stereocenters. The van der Waals surface area contributed by atoms with E-state index in [0.717, 1.165) is 0 Å². The SMILES string of the molecule is O=C(Cn1cnc2c(Cl)cc(Cl)cc2c1=O)Nc1ccc(Cl)cc1. The third-order valence-corrected chi connectivity index (χ3v) is 4.05. The Morgan fingerprint density at radius 3 is 2.50 bits per heavy atom. The highest BCUT2D eigenvalue weighted by Crippen LogP contribution is 2.23. The van der Waals surface area contributed by atoms with Crippen LogP contribution in [0, 0.1) is 0 Å². The summed E-state index contributed by atoms with van der Waals surface area (Å²) in [5, 5.41) is 4.12. The average molecular weight is 383 g/mol. The van der Waals surface area contributed by atoms with Gasteiger partial charge in [0.05, 0.1) is 22.3 Å². The molecule has 3 aromatic rings. The van der Waals surface area contributed by atoms with Gasteiger partial charge in [-0.3, -0.25) is 14.2 Å². The van der Waals surface area contributed by atoms with Gasteiger partial charge in [-0.25, -0.2) is 4.98 Å². The van der Waals surface area contributed by atoms with Crippen LogP contribution in [0.1, 0.15) is 0 Å². The fourth-order valence-corrected chi connectivity index (χ4v) is 2.86. The predicted octanol–water partition coefficient (Wildman–Crippen LogP) is 4.00. The lowest BCUT2D eigenvalue weighted by atomic mass is 10.2. The first-order valence-corrected chi connectivity index (χ1v) is 7.97. The molecule has 0 spiro atoms. The predicted molar refractivity (Wildman–Crippen MR) is 96.1 cm³/mol. The van der Waals surface area contributed by atoms with E-state index in [1.54, 1.807) is 24.3 Å². The van der Waals surface area contributed by atoms with Crippen molar-refractivity contribution in [2.24, 2.45) is 0 Å². The molecule has 0 atom stereocenters. The molecule has 5 nitrogen and oxygen atoms in total. The smallest absolute Gasteiger partial charge is 0.261 e. The minimum Gasteiger partial charge on any atom is -0.325 e. The zero-order valence-electron chi connectivity index (χ0n) is 12.1. The quantitative estimate of drug-likeness (QED) is 0.745. The summed E-state index contributed by atoms with van der Waals surface area (Å²) in [6, 6.07) is 9.64. The number of fused-ring (bicyclic) bond motifs is 1.